The third kappa shape index (κ3) is 29.2. The number of carboxylic acids is 6. The topological polar surface area (TPSA) is 566 Å². The van der Waals surface area contributed by atoms with Gasteiger partial charge in [0.1, 0.15) is 48.2 Å². The molecule has 1 fully saturated rings. The maximum absolute atomic E-state index is 14.0. The van der Waals surface area contributed by atoms with E-state index in [0.717, 1.165) is 4.90 Å². The molecule has 1 aromatic rings. The van der Waals surface area contributed by atoms with Crippen LogP contribution in [0.25, 0.3) is 0 Å². The fourth-order valence-electron chi connectivity index (χ4n) is 8.30. The van der Waals surface area contributed by atoms with Gasteiger partial charge < -0.3 is 89.1 Å². The first-order valence-corrected chi connectivity index (χ1v) is 29.3. The summed E-state index contributed by atoms with van der Waals surface area (Å²) in [7, 11) is -0.611. The Labute approximate surface area is 511 Å². The molecule has 1 aliphatic rings. The van der Waals surface area contributed by atoms with Crippen LogP contribution in [0.4, 0.5) is 0 Å². The van der Waals surface area contributed by atoms with E-state index in [1.807, 2.05) is 16.0 Å². The second-order valence-corrected chi connectivity index (χ2v) is 22.0. The molecule has 1 saturated heterocycles. The van der Waals surface area contributed by atoms with Crippen molar-refractivity contribution in [3.8, 4) is 0 Å². The quantitative estimate of drug-likeness (QED) is 0.0276. The number of hydrogen-bond acceptors (Lipinski definition) is 19. The largest absolute Gasteiger partial charge is 0.481 e. The highest BCUT2D eigenvalue weighted by Crippen LogP contribution is 2.24. The van der Waals surface area contributed by atoms with Gasteiger partial charge in [-0.3, -0.25) is 85.7 Å². The molecule has 0 spiro atoms. The molecular weight excluding hydrogens is 1210 g/mol. The Morgan fingerprint density at radius 3 is 1.49 bits per heavy atom. The molecule has 1 heterocycles. The van der Waals surface area contributed by atoms with Gasteiger partial charge in [-0.2, -0.15) is 0 Å². The van der Waals surface area contributed by atoms with Crippen molar-refractivity contribution in [2.45, 2.75) is 146 Å². The van der Waals surface area contributed by atoms with Gasteiger partial charge in [0.2, 0.25) is 59.1 Å². The highest BCUT2D eigenvalue weighted by atomic mass is 32.2. The van der Waals surface area contributed by atoms with Crippen LogP contribution in [0.2, 0.25) is 0 Å². The lowest BCUT2D eigenvalue weighted by Gasteiger charge is -2.30. The van der Waals surface area contributed by atoms with E-state index in [2.05, 4.69) is 31.9 Å². The van der Waals surface area contributed by atoms with E-state index < -0.39 is 229 Å². The summed E-state index contributed by atoms with van der Waals surface area (Å²) < 4.78 is 9.56. The van der Waals surface area contributed by atoms with Gasteiger partial charge in [-0.15, -0.1) is 0 Å². The lowest BCUT2D eigenvalue weighted by molar-refractivity contribution is -0.151. The monoisotopic (exact) mass is 1280 g/mol. The molecule has 35 nitrogen and oxygen atoms in total. The molecule has 494 valence electrons. The first-order valence-electron chi connectivity index (χ1n) is 27.4. The Morgan fingerprint density at radius 1 is 0.562 bits per heavy atom. The Bertz CT molecular complexity index is 2800. The number of amides is 10. The number of likely N-dealkylation sites (tertiary alicyclic amines) is 1. The van der Waals surface area contributed by atoms with Crippen LogP contribution in [0.1, 0.15) is 91.0 Å². The van der Waals surface area contributed by atoms with Crippen molar-refractivity contribution in [3.05, 3.63) is 35.9 Å². The molecule has 0 aliphatic carbocycles. The minimum atomic E-state index is -1.98. The smallest absolute Gasteiger partial charge is 0.314 e. The molecule has 89 heavy (non-hydrogen) atoms. The van der Waals surface area contributed by atoms with Gasteiger partial charge in [0.05, 0.1) is 50.9 Å². The van der Waals surface area contributed by atoms with Gasteiger partial charge in [-0.1, -0.05) is 50.6 Å². The molecule has 0 aromatic heterocycles. The van der Waals surface area contributed by atoms with Gasteiger partial charge in [-0.25, -0.2) is 0 Å². The summed E-state index contributed by atoms with van der Waals surface area (Å²) in [5.41, 5.74) is 5.83. The molecule has 2 rings (SSSR count). The number of rotatable bonds is 37. The highest BCUT2D eigenvalue weighted by Gasteiger charge is 2.42. The number of nitrogens with zero attached hydrogens (tertiary/aromatic N) is 1. The van der Waals surface area contributed by atoms with Crippen molar-refractivity contribution >= 4 is 111 Å². The molecule has 0 unspecified atom stereocenters. The van der Waals surface area contributed by atoms with Crippen LogP contribution >= 0.6 is 0 Å². The maximum atomic E-state index is 14.0. The van der Waals surface area contributed by atoms with E-state index in [1.165, 1.54) is 20.8 Å². The fraction of sp³-hybridized carbons (Fsp3) is 0.566. The lowest BCUT2D eigenvalue weighted by Crippen LogP contribution is -2.61. The standard InChI is InChI=1S/C51H71N11O23.C2H6OS/c1-5-23(2)41(49(82)60-32(20-40(73)74)47(80)56-25(4)50(83)62-15-9-12-33(62)42(75)27(51(84)85)13-14-36(65)66)61-43(76)24(3)55-46(79)29(16-26-10-7-6-8-11-26)59-48(81)31(19-39(71)72)58-35(64)22-54-45(78)30(18-38(69)70)57-34(63)21-53-44(77)28(52)17-37(67)68;1-4(2)3/h6-8,10-11,23-25,27-33,41H,5,9,12-22,52H2,1-4H3,(H,53,77)(H,54,78)(H,55,79)(H,56,80)(H,57,63)(H,58,64)(H,59,81)(H,60,82)(H,61,76)(H,65,66)(H,67,68)(H,69,70)(H,71,72)(H,73,74)(H,84,85);1-2H3/t23-,24-,25-,27+,28-,29-,30-,31-,32-,33-,41-;/m0./s1. The molecular formula is C53H77N11O24S. The van der Waals surface area contributed by atoms with Crippen LogP contribution < -0.4 is 53.6 Å². The minimum Gasteiger partial charge on any atom is -0.481 e. The summed E-state index contributed by atoms with van der Waals surface area (Å²) in [6.45, 7) is 3.49. The van der Waals surface area contributed by atoms with Gasteiger partial charge in [0, 0.05) is 42.7 Å². The van der Waals surface area contributed by atoms with E-state index in [1.54, 1.807) is 49.8 Å². The number of carboxylic acid groups (broad SMARTS) is 6. The Hall–Kier alpha value is -9.48. The number of ketones is 1. The van der Waals surface area contributed by atoms with Gasteiger partial charge in [-0.05, 0) is 44.6 Å². The first-order chi connectivity index (χ1) is 41.5. The molecule has 0 bridgehead atoms. The number of aliphatic carboxylic acids is 6. The number of nitrogens with one attached hydrogen (secondary N) is 9. The van der Waals surface area contributed by atoms with Crippen molar-refractivity contribution in [1.82, 2.24) is 52.8 Å². The molecule has 36 heteroatoms. The predicted molar refractivity (Wildman–Crippen MR) is 305 cm³/mol. The van der Waals surface area contributed by atoms with Crippen LogP contribution in [-0.4, -0.2) is 227 Å². The molecule has 1 aromatic carbocycles. The first kappa shape index (κ1) is 77.5. The number of nitrogens with two attached hydrogens (primary N) is 1. The average molecular weight is 1280 g/mol. The molecule has 11 atom stereocenters. The van der Waals surface area contributed by atoms with Crippen molar-refractivity contribution in [3.63, 3.8) is 0 Å². The van der Waals surface area contributed by atoms with Gasteiger partial charge >= 0.3 is 35.8 Å². The van der Waals surface area contributed by atoms with Crippen LogP contribution in [0, 0.1) is 11.8 Å². The summed E-state index contributed by atoms with van der Waals surface area (Å²) in [5.74, 6) is -24.0. The lowest BCUT2D eigenvalue weighted by atomic mass is 9.92. The van der Waals surface area contributed by atoms with Crippen molar-refractivity contribution in [2.24, 2.45) is 17.6 Å². The van der Waals surface area contributed by atoms with Crippen molar-refractivity contribution < 1.29 is 116 Å². The zero-order chi connectivity index (χ0) is 68.0. The number of benzene rings is 1. The van der Waals surface area contributed by atoms with Crippen LogP contribution in [0.3, 0.4) is 0 Å². The SMILES string of the molecule is CC[C@H](C)[C@H](NC(=O)[C@H](C)NC(=O)[C@H](Cc1ccccc1)NC(=O)[C@H](CC(=O)O)NC(=O)CNC(=O)[C@H](CC(=O)O)NC(=O)CNC(=O)[C@@H](N)CC(=O)O)C(=O)N[C@@H](CC(=O)O)C(=O)N[C@@H](C)C(=O)N1CCC[C@H]1C(=O)[C@@H](CCC(=O)O)C(=O)O.CS(C)=O. The van der Waals surface area contributed by atoms with Gasteiger partial charge in [0.15, 0.2) is 5.78 Å². The minimum absolute atomic E-state index is 0.0277. The summed E-state index contributed by atoms with van der Waals surface area (Å²) in [6, 6.07) is -6.98. The van der Waals surface area contributed by atoms with Crippen LogP contribution in [-0.2, 0) is 98.7 Å². The van der Waals surface area contributed by atoms with Crippen molar-refractivity contribution in [2.75, 3.05) is 32.1 Å². The van der Waals surface area contributed by atoms with E-state index in [0.29, 0.717) is 5.56 Å². The number of hydrogen-bond donors (Lipinski definition) is 16. The van der Waals surface area contributed by atoms with Crippen molar-refractivity contribution in [1.29, 1.82) is 0 Å². The fourth-order valence-corrected chi connectivity index (χ4v) is 8.30. The van der Waals surface area contributed by atoms with Crippen LogP contribution in [0.5, 0.6) is 0 Å². The van der Waals surface area contributed by atoms with E-state index in [4.69, 9.17) is 15.9 Å². The predicted octanol–water partition coefficient (Wildman–Crippen LogP) is -5.71. The normalized spacial score (nSPS) is 15.8. The molecule has 17 N–H and O–H groups in total. The Morgan fingerprint density at radius 2 is 1.01 bits per heavy atom. The van der Waals surface area contributed by atoms with Gasteiger partial charge in [0.25, 0.3) is 0 Å². The zero-order valence-corrected chi connectivity index (χ0v) is 50.2. The zero-order valence-electron chi connectivity index (χ0n) is 49.4. The van der Waals surface area contributed by atoms with E-state index >= 15 is 0 Å². The van der Waals surface area contributed by atoms with E-state index in [-0.39, 0.29) is 32.2 Å². The maximum Gasteiger partial charge on any atom is 0.314 e. The van der Waals surface area contributed by atoms with Crippen LogP contribution in [0.15, 0.2) is 30.3 Å². The second-order valence-electron chi connectivity index (χ2n) is 20.5. The van der Waals surface area contributed by atoms with E-state index in [9.17, 15) is 106 Å². The number of Topliss-reactive ketones (excluding diaryl/α,β-unsaturated/α-hetero) is 1. The third-order valence-corrected chi connectivity index (χ3v) is 13.0. The Kier molecular flexibility index (Phi) is 33.7. The molecule has 0 radical (unpaired) electrons. The number of carbonyl (C=O) groups is 17. The summed E-state index contributed by atoms with van der Waals surface area (Å²) >= 11 is 0. The summed E-state index contributed by atoms with van der Waals surface area (Å²) in [6.07, 6.45) is -1.82. The highest BCUT2D eigenvalue weighted by molar-refractivity contribution is 7.83. The molecule has 1 aliphatic heterocycles. The summed E-state index contributed by atoms with van der Waals surface area (Å²) in [4.78, 5) is 216. The Balaban J connectivity index is 0.00000958. The molecule has 0 saturated carbocycles. The second kappa shape index (κ2) is 38.6. The summed E-state index contributed by atoms with van der Waals surface area (Å²) in [5, 5.41) is 75.9. The number of carbonyl (C=O) groups excluding carboxylic acids is 11. The average Bonchev–Trinajstić information content (AvgIpc) is 3.42. The third-order valence-electron chi connectivity index (χ3n) is 13.0. The molecule has 10 amide bonds.